The second-order valence-corrected chi connectivity index (χ2v) is 19.6. The van der Waals surface area contributed by atoms with E-state index in [-0.39, 0.29) is 0 Å². The maximum atomic E-state index is 2.68. The summed E-state index contributed by atoms with van der Waals surface area (Å²) in [5.74, 6) is 1.66. The molecule has 0 radical (unpaired) electrons. The van der Waals surface area contributed by atoms with Gasteiger partial charge in [0.1, 0.15) is 0 Å². The molecule has 1 aliphatic carbocycles. The van der Waals surface area contributed by atoms with Crippen LogP contribution in [0.2, 0.25) is 10.5 Å². The summed E-state index contributed by atoms with van der Waals surface area (Å²) in [5.41, 5.74) is 3.36. The first-order valence-corrected chi connectivity index (χ1v) is 15.9. The van der Waals surface area contributed by atoms with Gasteiger partial charge in [-0.05, 0) is 0 Å². The van der Waals surface area contributed by atoms with Gasteiger partial charge in [0.25, 0.3) is 0 Å². The molecular formula is C20H43P2Ti. The Balaban J connectivity index is 3.28. The summed E-state index contributed by atoms with van der Waals surface area (Å²) in [7, 11) is 2.38. The maximum absolute atomic E-state index is 2.68. The number of hydrogen-bond donors (Lipinski definition) is 0. The average Bonchev–Trinajstić information content (AvgIpc) is 2.35. The SMILES string of the molecule is CC(C)PC1CC(C(C)C)(C(C)C)C[C](PC(C)C)([Ti]([CH3])[CH3])C1. The van der Waals surface area contributed by atoms with E-state index in [4.69, 9.17) is 0 Å². The molecule has 4 atom stereocenters. The Labute approximate surface area is 157 Å². The molecule has 1 saturated carbocycles. The second kappa shape index (κ2) is 8.98. The molecule has 0 N–H and O–H groups in total. The Kier molecular flexibility index (Phi) is 8.83. The van der Waals surface area contributed by atoms with Crippen LogP contribution in [0.4, 0.5) is 0 Å². The Morgan fingerprint density at radius 1 is 0.826 bits per heavy atom. The van der Waals surface area contributed by atoms with E-state index in [2.05, 4.69) is 65.8 Å². The van der Waals surface area contributed by atoms with Gasteiger partial charge < -0.3 is 0 Å². The van der Waals surface area contributed by atoms with Crippen molar-refractivity contribution in [1.29, 1.82) is 0 Å². The molecule has 0 amide bonds. The van der Waals surface area contributed by atoms with Crippen molar-refractivity contribution in [3.63, 3.8) is 0 Å². The van der Waals surface area contributed by atoms with Crippen molar-refractivity contribution in [2.45, 2.75) is 106 Å². The fourth-order valence-corrected chi connectivity index (χ4v) is 14.4. The van der Waals surface area contributed by atoms with Crippen molar-refractivity contribution in [2.75, 3.05) is 0 Å². The van der Waals surface area contributed by atoms with Crippen molar-refractivity contribution >= 4 is 17.2 Å². The Morgan fingerprint density at radius 2 is 1.35 bits per heavy atom. The molecule has 0 bridgehead atoms. The quantitative estimate of drug-likeness (QED) is 0.312. The van der Waals surface area contributed by atoms with Crippen LogP contribution in [-0.2, 0) is 17.9 Å². The first-order valence-electron chi connectivity index (χ1n) is 9.79. The van der Waals surface area contributed by atoms with E-state index < -0.39 is 17.9 Å². The van der Waals surface area contributed by atoms with E-state index in [1.807, 2.05) is 0 Å². The molecule has 0 saturated heterocycles. The fraction of sp³-hybridized carbons (Fsp3) is 1.00. The fourth-order valence-electron chi connectivity index (χ4n) is 4.98. The van der Waals surface area contributed by atoms with Crippen LogP contribution >= 0.6 is 17.2 Å². The average molecular weight is 393 g/mol. The Bertz CT molecular complexity index is 355. The molecule has 0 nitrogen and oxygen atoms in total. The van der Waals surface area contributed by atoms with E-state index in [1.165, 1.54) is 23.6 Å². The second-order valence-electron chi connectivity index (χ2n) is 9.53. The Hall–Kier alpha value is 1.57. The van der Waals surface area contributed by atoms with Crippen LogP contribution < -0.4 is 0 Å². The summed E-state index contributed by atoms with van der Waals surface area (Å²) in [5, 5.41) is 5.36. The van der Waals surface area contributed by atoms with E-state index >= 15 is 0 Å². The van der Waals surface area contributed by atoms with Crippen molar-refractivity contribution in [3.8, 4) is 0 Å². The summed E-state index contributed by atoms with van der Waals surface area (Å²) >= 11 is -0.974. The van der Waals surface area contributed by atoms with Gasteiger partial charge >= 0.3 is 158 Å². The molecule has 0 spiro atoms. The van der Waals surface area contributed by atoms with Gasteiger partial charge in [-0.2, -0.15) is 0 Å². The van der Waals surface area contributed by atoms with Gasteiger partial charge in [-0.3, -0.25) is 0 Å². The van der Waals surface area contributed by atoms with Crippen molar-refractivity contribution in [3.05, 3.63) is 0 Å². The third-order valence-electron chi connectivity index (χ3n) is 6.24. The third-order valence-corrected chi connectivity index (χ3v) is 15.6. The Morgan fingerprint density at radius 3 is 1.70 bits per heavy atom. The molecule has 3 heteroatoms. The minimum atomic E-state index is -0.974. The summed E-state index contributed by atoms with van der Waals surface area (Å²) in [6, 6.07) is 0. The van der Waals surface area contributed by atoms with Crippen molar-refractivity contribution < 1.29 is 17.9 Å². The van der Waals surface area contributed by atoms with Gasteiger partial charge in [-0.15, -0.1) is 0 Å². The first-order chi connectivity index (χ1) is 10.4. The van der Waals surface area contributed by atoms with Gasteiger partial charge in [0.05, 0.1) is 0 Å². The molecule has 1 rings (SSSR count). The normalized spacial score (nSPS) is 29.2. The molecule has 0 aliphatic heterocycles. The molecule has 1 fully saturated rings. The van der Waals surface area contributed by atoms with Crippen LogP contribution in [0.15, 0.2) is 0 Å². The molecule has 137 valence electrons. The zero-order valence-electron chi connectivity index (χ0n) is 17.5. The zero-order chi connectivity index (χ0) is 18.0. The van der Waals surface area contributed by atoms with Crippen LogP contribution in [0.25, 0.3) is 0 Å². The first kappa shape index (κ1) is 22.6. The molecule has 1 aliphatic rings. The predicted molar refractivity (Wildman–Crippen MR) is 111 cm³/mol. The van der Waals surface area contributed by atoms with Crippen LogP contribution in [0.5, 0.6) is 0 Å². The summed E-state index contributed by atoms with van der Waals surface area (Å²) in [4.78, 5) is 0. The molecule has 4 unspecified atom stereocenters. The third kappa shape index (κ3) is 5.52. The summed E-state index contributed by atoms with van der Waals surface area (Å²) in [6.07, 6.45) is 4.63. The van der Waals surface area contributed by atoms with Gasteiger partial charge in [0.15, 0.2) is 0 Å². The van der Waals surface area contributed by atoms with Gasteiger partial charge in [0, 0.05) is 0 Å². The molecule has 0 aromatic rings. The predicted octanol–water partition coefficient (Wildman–Crippen LogP) is 7.42. The topological polar surface area (TPSA) is 0 Å². The van der Waals surface area contributed by atoms with Gasteiger partial charge in [-0.1, -0.05) is 0 Å². The van der Waals surface area contributed by atoms with Crippen LogP contribution in [0.1, 0.15) is 74.7 Å². The molecule has 0 aromatic heterocycles. The van der Waals surface area contributed by atoms with Crippen LogP contribution in [0.3, 0.4) is 0 Å². The van der Waals surface area contributed by atoms with Gasteiger partial charge in [-0.25, -0.2) is 0 Å². The van der Waals surface area contributed by atoms with E-state index in [9.17, 15) is 0 Å². The van der Waals surface area contributed by atoms with E-state index in [0.717, 1.165) is 32.3 Å². The molecular weight excluding hydrogens is 350 g/mol. The van der Waals surface area contributed by atoms with Crippen LogP contribution in [0, 0.1) is 17.3 Å². The number of rotatable bonds is 7. The summed E-state index contributed by atoms with van der Waals surface area (Å²) < 4.78 is 0.757. The summed E-state index contributed by atoms with van der Waals surface area (Å²) in [6.45, 7) is 19.9. The zero-order valence-corrected chi connectivity index (χ0v) is 21.1. The van der Waals surface area contributed by atoms with Crippen molar-refractivity contribution in [1.82, 2.24) is 0 Å². The molecule has 0 aromatic carbocycles. The molecule has 0 heterocycles. The van der Waals surface area contributed by atoms with Gasteiger partial charge in [0.2, 0.25) is 0 Å². The number of hydrogen-bond acceptors (Lipinski definition) is 0. The van der Waals surface area contributed by atoms with Crippen molar-refractivity contribution in [2.24, 2.45) is 17.3 Å². The minimum absolute atomic E-state index is 0.594. The monoisotopic (exact) mass is 393 g/mol. The van der Waals surface area contributed by atoms with E-state index in [1.54, 1.807) is 12.8 Å². The van der Waals surface area contributed by atoms with Crippen LogP contribution in [-0.4, -0.2) is 20.4 Å². The standard InChI is InChI=1S/C18H37P2.2CH3.Ti/c1-12(2)18(13(3)4)10-16(19-14(5)6)9-17(11-18)20-15(7)8;;;/h12-16,19-20H,9-11H2,1-8H3;2*1H3;. The van der Waals surface area contributed by atoms with E-state index in [0.29, 0.717) is 5.41 Å². The molecule has 23 heavy (non-hydrogen) atoms.